The Morgan fingerprint density at radius 2 is 2.00 bits per heavy atom. The molecular weight excluding hydrogens is 172 g/mol. The summed E-state index contributed by atoms with van der Waals surface area (Å²) in [5.74, 6) is -1.82. The van der Waals surface area contributed by atoms with Gasteiger partial charge in [-0.2, -0.15) is 0 Å². The fraction of sp³-hybridized carbons (Fsp3) is 0.222. The van der Waals surface area contributed by atoms with Crippen molar-refractivity contribution in [2.45, 2.75) is 12.8 Å². The second kappa shape index (κ2) is 3.80. The number of allylic oxidation sites excluding steroid dienone is 4. The quantitative estimate of drug-likeness (QED) is 0.529. The molecule has 1 aliphatic rings. The Kier molecular flexibility index (Phi) is 2.74. The van der Waals surface area contributed by atoms with Gasteiger partial charge < -0.3 is 9.90 Å². The normalized spacial score (nSPS) is 15.8. The smallest absolute Gasteiger partial charge is 0.182 e. The summed E-state index contributed by atoms with van der Waals surface area (Å²) in [6, 6.07) is 0. The zero-order chi connectivity index (χ0) is 9.84. The van der Waals surface area contributed by atoms with Gasteiger partial charge >= 0.3 is 0 Å². The average molecular weight is 179 g/mol. The van der Waals surface area contributed by atoms with Crippen LogP contribution in [0.15, 0.2) is 23.8 Å². The molecule has 1 aliphatic carbocycles. The number of carboxylic acid groups (broad SMARTS) is 1. The highest BCUT2D eigenvalue weighted by atomic mass is 16.4. The van der Waals surface area contributed by atoms with Gasteiger partial charge in [0.2, 0.25) is 0 Å². The molecule has 0 heterocycles. The first-order chi connectivity index (χ1) is 6.09. The van der Waals surface area contributed by atoms with Crippen molar-refractivity contribution in [1.82, 2.24) is 0 Å². The average Bonchev–Trinajstić information content (AvgIpc) is 2.06. The Balaban J connectivity index is 2.63. The first-order valence-electron chi connectivity index (χ1n) is 3.76. The molecular formula is C9H7O4-. The molecule has 0 amide bonds. The van der Waals surface area contributed by atoms with Gasteiger partial charge in [-0.3, -0.25) is 9.59 Å². The Labute approximate surface area is 74.6 Å². The summed E-state index contributed by atoms with van der Waals surface area (Å²) in [5, 5.41) is 10.1. The lowest BCUT2D eigenvalue weighted by atomic mass is 9.99. The maximum absolute atomic E-state index is 11.0. The minimum absolute atomic E-state index is 0.0528. The van der Waals surface area contributed by atoms with Crippen LogP contribution >= 0.6 is 0 Å². The molecule has 0 atom stereocenters. The van der Waals surface area contributed by atoms with E-state index >= 15 is 0 Å². The van der Waals surface area contributed by atoms with Crippen LogP contribution in [-0.4, -0.2) is 17.5 Å². The zero-order valence-electron chi connectivity index (χ0n) is 6.78. The molecule has 0 aromatic heterocycles. The Bertz CT molecular complexity index is 323. The molecule has 68 valence electrons. The number of ketones is 2. The standard InChI is InChI=1S/C9H8O4/c10-7-2-3-8(11)6(5-7)1-4-9(12)13/h2-3,5H,1,4H2,(H,12,13)/p-1. The van der Waals surface area contributed by atoms with E-state index in [1.807, 2.05) is 0 Å². The monoisotopic (exact) mass is 179 g/mol. The van der Waals surface area contributed by atoms with E-state index in [1.54, 1.807) is 0 Å². The van der Waals surface area contributed by atoms with Gasteiger partial charge in [-0.1, -0.05) is 0 Å². The number of carbonyl (C=O) groups is 3. The van der Waals surface area contributed by atoms with Gasteiger partial charge in [-0.25, -0.2) is 0 Å². The van der Waals surface area contributed by atoms with E-state index in [-0.39, 0.29) is 30.0 Å². The molecule has 1 rings (SSSR count). The lowest BCUT2D eigenvalue weighted by molar-refractivity contribution is -0.305. The number of hydrogen-bond acceptors (Lipinski definition) is 4. The third kappa shape index (κ3) is 2.66. The fourth-order valence-electron chi connectivity index (χ4n) is 0.988. The van der Waals surface area contributed by atoms with Crippen molar-refractivity contribution in [3.63, 3.8) is 0 Å². The van der Waals surface area contributed by atoms with Crippen LogP contribution in [0.1, 0.15) is 12.8 Å². The number of carbonyl (C=O) groups excluding carboxylic acids is 3. The van der Waals surface area contributed by atoms with Gasteiger partial charge in [0.1, 0.15) is 0 Å². The fourth-order valence-corrected chi connectivity index (χ4v) is 0.988. The largest absolute Gasteiger partial charge is 0.550 e. The second-order valence-corrected chi connectivity index (χ2v) is 2.64. The van der Waals surface area contributed by atoms with Crippen LogP contribution in [0.2, 0.25) is 0 Å². The van der Waals surface area contributed by atoms with Gasteiger partial charge in [0, 0.05) is 11.5 Å². The lowest BCUT2D eigenvalue weighted by Gasteiger charge is -2.06. The van der Waals surface area contributed by atoms with Gasteiger partial charge in [0.15, 0.2) is 11.6 Å². The SMILES string of the molecule is O=C1C=CC(=O)C(CCC(=O)[O-])=C1. The number of carboxylic acids is 1. The molecule has 0 bridgehead atoms. The Hall–Kier alpha value is -1.71. The lowest BCUT2D eigenvalue weighted by Crippen LogP contribution is -2.22. The van der Waals surface area contributed by atoms with Gasteiger partial charge in [0.05, 0.1) is 0 Å². The van der Waals surface area contributed by atoms with Crippen molar-refractivity contribution in [1.29, 1.82) is 0 Å². The highest BCUT2D eigenvalue weighted by Gasteiger charge is 2.12. The zero-order valence-corrected chi connectivity index (χ0v) is 6.78. The van der Waals surface area contributed by atoms with E-state index in [1.165, 1.54) is 0 Å². The van der Waals surface area contributed by atoms with E-state index in [2.05, 4.69) is 0 Å². The van der Waals surface area contributed by atoms with Crippen LogP contribution in [0.3, 0.4) is 0 Å². The highest BCUT2D eigenvalue weighted by molar-refractivity contribution is 6.17. The molecule has 4 heteroatoms. The molecule has 0 saturated heterocycles. The molecule has 0 aliphatic heterocycles. The number of aliphatic carboxylic acids is 1. The van der Waals surface area contributed by atoms with Crippen LogP contribution in [-0.2, 0) is 14.4 Å². The van der Waals surface area contributed by atoms with Crippen LogP contribution < -0.4 is 5.11 Å². The van der Waals surface area contributed by atoms with Crippen molar-refractivity contribution in [2.75, 3.05) is 0 Å². The van der Waals surface area contributed by atoms with Crippen LogP contribution in [0, 0.1) is 0 Å². The van der Waals surface area contributed by atoms with Crippen molar-refractivity contribution in [3.05, 3.63) is 23.8 Å². The van der Waals surface area contributed by atoms with E-state index in [9.17, 15) is 19.5 Å². The van der Waals surface area contributed by atoms with Crippen molar-refractivity contribution in [3.8, 4) is 0 Å². The van der Waals surface area contributed by atoms with Crippen molar-refractivity contribution < 1.29 is 19.5 Å². The molecule has 13 heavy (non-hydrogen) atoms. The predicted octanol–water partition coefficient (Wildman–Crippen LogP) is -0.849. The van der Waals surface area contributed by atoms with Crippen molar-refractivity contribution >= 4 is 17.5 Å². The predicted molar refractivity (Wildman–Crippen MR) is 41.5 cm³/mol. The Morgan fingerprint density at radius 1 is 1.31 bits per heavy atom. The van der Waals surface area contributed by atoms with Gasteiger partial charge in [0.25, 0.3) is 0 Å². The summed E-state index contributed by atoms with van der Waals surface area (Å²) in [6.07, 6.45) is 3.28. The summed E-state index contributed by atoms with van der Waals surface area (Å²) in [5.41, 5.74) is 0.233. The molecule has 4 nitrogen and oxygen atoms in total. The molecule has 0 aromatic rings. The van der Waals surface area contributed by atoms with Crippen LogP contribution in [0.25, 0.3) is 0 Å². The topological polar surface area (TPSA) is 74.3 Å². The maximum Gasteiger partial charge on any atom is 0.182 e. The van der Waals surface area contributed by atoms with Crippen molar-refractivity contribution in [2.24, 2.45) is 0 Å². The molecule has 0 aromatic carbocycles. The highest BCUT2D eigenvalue weighted by Crippen LogP contribution is 2.11. The summed E-state index contributed by atoms with van der Waals surface area (Å²) >= 11 is 0. The molecule has 0 N–H and O–H groups in total. The first-order valence-corrected chi connectivity index (χ1v) is 3.76. The first kappa shape index (κ1) is 9.38. The molecule has 0 unspecified atom stereocenters. The van der Waals surface area contributed by atoms with Gasteiger partial charge in [-0.15, -0.1) is 0 Å². The minimum Gasteiger partial charge on any atom is -0.550 e. The third-order valence-corrected chi connectivity index (χ3v) is 1.63. The summed E-state index contributed by atoms with van der Waals surface area (Å²) in [6.45, 7) is 0. The summed E-state index contributed by atoms with van der Waals surface area (Å²) in [7, 11) is 0. The third-order valence-electron chi connectivity index (χ3n) is 1.63. The van der Waals surface area contributed by atoms with Crippen LogP contribution in [0.4, 0.5) is 0 Å². The van der Waals surface area contributed by atoms with Gasteiger partial charge in [-0.05, 0) is 31.1 Å². The molecule has 0 radical (unpaired) electrons. The van der Waals surface area contributed by atoms with E-state index in [0.717, 1.165) is 18.2 Å². The summed E-state index contributed by atoms with van der Waals surface area (Å²) < 4.78 is 0. The second-order valence-electron chi connectivity index (χ2n) is 2.64. The van der Waals surface area contributed by atoms with E-state index in [4.69, 9.17) is 0 Å². The molecule has 0 saturated carbocycles. The summed E-state index contributed by atoms with van der Waals surface area (Å²) in [4.78, 5) is 31.9. The van der Waals surface area contributed by atoms with Crippen LogP contribution in [0.5, 0.6) is 0 Å². The number of hydrogen-bond donors (Lipinski definition) is 0. The molecule has 0 fully saturated rings. The van der Waals surface area contributed by atoms with E-state index < -0.39 is 5.97 Å². The Morgan fingerprint density at radius 3 is 2.62 bits per heavy atom. The number of rotatable bonds is 3. The minimum atomic E-state index is -1.23. The van der Waals surface area contributed by atoms with E-state index in [0.29, 0.717) is 0 Å². The maximum atomic E-state index is 11.0. The molecule has 0 spiro atoms.